The Labute approximate surface area is 95.2 Å². The Kier molecular flexibility index (Phi) is 3.95. The second-order valence-electron chi connectivity index (χ2n) is 4.33. The largest absolute Gasteiger partial charge is 0.475 e. The lowest BCUT2D eigenvalue weighted by molar-refractivity contribution is 0.122. The molecule has 0 fully saturated rings. The van der Waals surface area contributed by atoms with Gasteiger partial charge in [0.1, 0.15) is 12.2 Å². The van der Waals surface area contributed by atoms with Crippen molar-refractivity contribution in [1.82, 2.24) is 4.98 Å². The third-order valence-electron chi connectivity index (χ3n) is 1.61. The first-order valence-electron chi connectivity index (χ1n) is 5.11. The zero-order chi connectivity index (χ0) is 12.2. The quantitative estimate of drug-likeness (QED) is 0.807. The highest BCUT2D eigenvalue weighted by molar-refractivity contribution is 5.49. The molecule has 90 valence electrons. The monoisotopic (exact) mass is 226 g/mol. The van der Waals surface area contributed by atoms with Gasteiger partial charge in [-0.25, -0.2) is 0 Å². The van der Waals surface area contributed by atoms with Crippen LogP contribution in [0, 0.1) is 0 Å². The molecule has 1 heterocycles. The highest BCUT2D eigenvalue weighted by atomic mass is 16.5. The molecule has 0 saturated carbocycles. The van der Waals surface area contributed by atoms with Crippen LogP contribution >= 0.6 is 0 Å². The first-order chi connectivity index (χ1) is 7.42. The number of nitrogen functional groups attached to an aromatic ring is 1. The zero-order valence-electron chi connectivity index (χ0n) is 9.86. The van der Waals surface area contributed by atoms with Crippen LogP contribution in [0.25, 0.3) is 0 Å². The minimum absolute atomic E-state index is 0.0540. The lowest BCUT2D eigenvalue weighted by atomic mass is 10.2. The number of aliphatic hydroxyl groups is 1. The highest BCUT2D eigenvalue weighted by Crippen LogP contribution is 2.25. The summed E-state index contributed by atoms with van der Waals surface area (Å²) in [5, 5.41) is 8.63. The topological polar surface area (TPSA) is 77.6 Å². The van der Waals surface area contributed by atoms with Gasteiger partial charge < -0.3 is 20.3 Å². The van der Waals surface area contributed by atoms with Gasteiger partial charge in [0.2, 0.25) is 11.8 Å². The van der Waals surface area contributed by atoms with Crippen LogP contribution in [0.3, 0.4) is 0 Å². The molecule has 0 saturated heterocycles. The fourth-order valence-electron chi connectivity index (χ4n) is 1.04. The van der Waals surface area contributed by atoms with E-state index in [1.165, 1.54) is 0 Å². The van der Waals surface area contributed by atoms with Crippen molar-refractivity contribution in [2.75, 3.05) is 18.9 Å². The lowest BCUT2D eigenvalue weighted by Crippen LogP contribution is -2.24. The number of anilines is 1. The van der Waals surface area contributed by atoms with Crippen molar-refractivity contribution in [1.29, 1.82) is 0 Å². The number of hydrogen-bond donors (Lipinski definition) is 2. The second-order valence-corrected chi connectivity index (χ2v) is 4.33. The van der Waals surface area contributed by atoms with Crippen molar-refractivity contribution in [2.45, 2.75) is 26.4 Å². The van der Waals surface area contributed by atoms with Gasteiger partial charge in [0.25, 0.3) is 0 Å². The van der Waals surface area contributed by atoms with Crippen molar-refractivity contribution < 1.29 is 14.6 Å². The van der Waals surface area contributed by atoms with Crippen LogP contribution in [-0.4, -0.2) is 28.9 Å². The van der Waals surface area contributed by atoms with Crippen molar-refractivity contribution in [2.24, 2.45) is 0 Å². The molecule has 16 heavy (non-hydrogen) atoms. The molecule has 5 nitrogen and oxygen atoms in total. The maximum Gasteiger partial charge on any atom is 0.241 e. The number of ether oxygens (including phenoxy) is 2. The Bertz CT molecular complexity index is 348. The number of aromatic nitrogens is 1. The fourth-order valence-corrected chi connectivity index (χ4v) is 1.04. The Balaban J connectivity index is 2.82. The molecule has 3 N–H and O–H groups in total. The summed E-state index contributed by atoms with van der Waals surface area (Å²) in [4.78, 5) is 4.11. The molecule has 0 aliphatic rings. The number of nitrogens with zero attached hydrogens (tertiary/aromatic N) is 1. The van der Waals surface area contributed by atoms with Crippen molar-refractivity contribution in [3.05, 3.63) is 12.1 Å². The predicted octanol–water partition coefficient (Wildman–Crippen LogP) is 1.21. The van der Waals surface area contributed by atoms with Crippen LogP contribution in [0.15, 0.2) is 12.1 Å². The van der Waals surface area contributed by atoms with Gasteiger partial charge >= 0.3 is 0 Å². The van der Waals surface area contributed by atoms with Gasteiger partial charge in [-0.1, -0.05) is 0 Å². The number of pyridine rings is 1. The van der Waals surface area contributed by atoms with E-state index in [0.29, 0.717) is 17.4 Å². The summed E-state index contributed by atoms with van der Waals surface area (Å²) in [6.45, 7) is 5.88. The van der Waals surface area contributed by atoms with Crippen LogP contribution in [0.5, 0.6) is 11.8 Å². The molecular formula is C11H18N2O3. The Morgan fingerprint density at radius 3 is 2.62 bits per heavy atom. The van der Waals surface area contributed by atoms with E-state index in [0.717, 1.165) is 0 Å². The molecule has 0 amide bonds. The second kappa shape index (κ2) is 5.03. The Morgan fingerprint density at radius 2 is 2.06 bits per heavy atom. The number of rotatable bonds is 4. The van der Waals surface area contributed by atoms with E-state index >= 15 is 0 Å². The molecule has 0 unspecified atom stereocenters. The molecule has 0 spiro atoms. The summed E-state index contributed by atoms with van der Waals surface area (Å²) < 4.78 is 10.7. The van der Waals surface area contributed by atoms with E-state index in [1.807, 2.05) is 20.8 Å². The smallest absolute Gasteiger partial charge is 0.241 e. The highest BCUT2D eigenvalue weighted by Gasteiger charge is 2.15. The molecule has 0 atom stereocenters. The van der Waals surface area contributed by atoms with Gasteiger partial charge in [-0.15, -0.1) is 0 Å². The lowest BCUT2D eigenvalue weighted by Gasteiger charge is -2.21. The summed E-state index contributed by atoms with van der Waals surface area (Å²) in [7, 11) is 0. The summed E-state index contributed by atoms with van der Waals surface area (Å²) >= 11 is 0. The van der Waals surface area contributed by atoms with Gasteiger partial charge in [-0.3, -0.25) is 0 Å². The zero-order valence-corrected chi connectivity index (χ0v) is 9.86. The first kappa shape index (κ1) is 12.6. The predicted molar refractivity (Wildman–Crippen MR) is 61.6 cm³/mol. The van der Waals surface area contributed by atoms with Crippen LogP contribution in [0.2, 0.25) is 0 Å². The van der Waals surface area contributed by atoms with E-state index in [4.69, 9.17) is 20.3 Å². The standard InChI is InChI=1S/C11H18N2O3/c1-11(2,3)16-10-8(12)4-5-9(13-10)15-7-6-14/h4-5,14H,6-7,12H2,1-3H3. The summed E-state index contributed by atoms with van der Waals surface area (Å²) in [6.07, 6.45) is 0. The molecule has 1 rings (SSSR count). The van der Waals surface area contributed by atoms with E-state index in [9.17, 15) is 0 Å². The van der Waals surface area contributed by atoms with E-state index < -0.39 is 0 Å². The van der Waals surface area contributed by atoms with Gasteiger partial charge in [0, 0.05) is 6.07 Å². The molecule has 0 aliphatic carbocycles. The molecular weight excluding hydrogens is 208 g/mol. The molecule has 0 bridgehead atoms. The van der Waals surface area contributed by atoms with Crippen molar-refractivity contribution in [3.8, 4) is 11.8 Å². The average molecular weight is 226 g/mol. The van der Waals surface area contributed by atoms with E-state index in [-0.39, 0.29) is 18.8 Å². The Morgan fingerprint density at radius 1 is 1.38 bits per heavy atom. The van der Waals surface area contributed by atoms with Crippen LogP contribution in [0.4, 0.5) is 5.69 Å². The maximum absolute atomic E-state index is 8.63. The van der Waals surface area contributed by atoms with Crippen molar-refractivity contribution >= 4 is 5.69 Å². The SMILES string of the molecule is CC(C)(C)Oc1nc(OCCO)ccc1N. The third kappa shape index (κ3) is 3.94. The number of hydrogen-bond acceptors (Lipinski definition) is 5. The average Bonchev–Trinajstić information content (AvgIpc) is 2.17. The number of aliphatic hydroxyl groups excluding tert-OH is 1. The summed E-state index contributed by atoms with van der Waals surface area (Å²) in [5.74, 6) is 0.741. The number of nitrogens with two attached hydrogens (primary N) is 1. The van der Waals surface area contributed by atoms with Gasteiger partial charge in [-0.05, 0) is 26.8 Å². The van der Waals surface area contributed by atoms with Crippen LogP contribution < -0.4 is 15.2 Å². The first-order valence-corrected chi connectivity index (χ1v) is 5.11. The minimum atomic E-state index is -0.364. The van der Waals surface area contributed by atoms with Crippen LogP contribution in [-0.2, 0) is 0 Å². The summed E-state index contributed by atoms with van der Waals surface area (Å²) in [5.41, 5.74) is 5.83. The normalized spacial score (nSPS) is 11.2. The molecule has 1 aromatic heterocycles. The molecule has 0 radical (unpaired) electrons. The molecule has 0 aliphatic heterocycles. The Hall–Kier alpha value is -1.49. The molecule has 5 heteroatoms. The van der Waals surface area contributed by atoms with Crippen LogP contribution in [0.1, 0.15) is 20.8 Å². The van der Waals surface area contributed by atoms with E-state index in [1.54, 1.807) is 12.1 Å². The van der Waals surface area contributed by atoms with Gasteiger partial charge in [0.05, 0.1) is 12.3 Å². The van der Waals surface area contributed by atoms with E-state index in [2.05, 4.69) is 4.98 Å². The minimum Gasteiger partial charge on any atom is -0.475 e. The third-order valence-corrected chi connectivity index (χ3v) is 1.61. The van der Waals surface area contributed by atoms with Gasteiger partial charge in [0.15, 0.2) is 0 Å². The molecule has 0 aromatic carbocycles. The van der Waals surface area contributed by atoms with Crippen molar-refractivity contribution in [3.63, 3.8) is 0 Å². The van der Waals surface area contributed by atoms with Gasteiger partial charge in [-0.2, -0.15) is 4.98 Å². The maximum atomic E-state index is 8.63. The molecule has 1 aromatic rings. The fraction of sp³-hybridized carbons (Fsp3) is 0.545. The summed E-state index contributed by atoms with van der Waals surface area (Å²) in [6, 6.07) is 3.31.